The van der Waals surface area contributed by atoms with Crippen LogP contribution in [0.4, 0.5) is 4.79 Å². The first-order valence-corrected chi connectivity index (χ1v) is 11.0. The van der Waals surface area contributed by atoms with E-state index in [4.69, 9.17) is 9.73 Å². The molecule has 0 bridgehead atoms. The zero-order valence-electron chi connectivity index (χ0n) is 18.8. The Bertz CT molecular complexity index is 1270. The van der Waals surface area contributed by atoms with Crippen LogP contribution in [0.25, 0.3) is 5.65 Å². The van der Waals surface area contributed by atoms with E-state index in [9.17, 15) is 14.4 Å². The lowest BCUT2D eigenvalue weighted by Gasteiger charge is -2.37. The number of hydrogen-bond acceptors (Lipinski definition) is 7. The van der Waals surface area contributed by atoms with Crippen molar-refractivity contribution in [2.24, 2.45) is 4.99 Å². The predicted octanol–water partition coefficient (Wildman–Crippen LogP) is 1.84. The van der Waals surface area contributed by atoms with E-state index in [1.807, 2.05) is 58.9 Å². The monoisotopic (exact) mass is 460 g/mol. The van der Waals surface area contributed by atoms with Crippen LogP contribution >= 0.6 is 0 Å². The van der Waals surface area contributed by atoms with Crippen LogP contribution in [0.15, 0.2) is 59.9 Å². The Labute approximate surface area is 195 Å². The summed E-state index contributed by atoms with van der Waals surface area (Å²) in [7, 11) is 1.34. The van der Waals surface area contributed by atoms with Gasteiger partial charge in [-0.05, 0) is 36.8 Å². The van der Waals surface area contributed by atoms with E-state index < -0.39 is 24.2 Å². The molecule has 3 amide bonds. The second kappa shape index (κ2) is 8.62. The van der Waals surface area contributed by atoms with Crippen molar-refractivity contribution in [1.82, 2.24) is 24.5 Å². The van der Waals surface area contributed by atoms with Gasteiger partial charge in [0.25, 0.3) is 5.91 Å². The van der Waals surface area contributed by atoms with E-state index in [0.29, 0.717) is 30.9 Å². The second-order valence-corrected chi connectivity index (χ2v) is 8.18. The van der Waals surface area contributed by atoms with Crippen molar-refractivity contribution in [3.63, 3.8) is 0 Å². The van der Waals surface area contributed by atoms with Gasteiger partial charge in [-0.2, -0.15) is 0 Å². The van der Waals surface area contributed by atoms with Crippen molar-refractivity contribution in [3.8, 4) is 0 Å². The Hall–Kier alpha value is -4.21. The Morgan fingerprint density at radius 3 is 2.62 bits per heavy atom. The van der Waals surface area contributed by atoms with Gasteiger partial charge >= 0.3 is 12.0 Å². The quantitative estimate of drug-likeness (QED) is 0.563. The summed E-state index contributed by atoms with van der Waals surface area (Å²) in [6.07, 6.45) is 3.67. The number of ether oxygens (including phenoxy) is 1. The first-order chi connectivity index (χ1) is 16.5. The van der Waals surface area contributed by atoms with Crippen LogP contribution in [-0.4, -0.2) is 68.8 Å². The standard InChI is InChI=1S/C24H24N6O4/c1-3-29-21-20(22(31)27-24(29)33)30(13-15-7-9-16(10-8-15)23(32)34-2)19(26-21)12-17-14-28-11-5-4-6-18(28)25-17/h4-11,14,20-21H,3,12-13H2,1-2H3,(H,27,31,33). The van der Waals surface area contributed by atoms with Crippen molar-refractivity contribution in [3.05, 3.63) is 71.7 Å². The molecule has 1 N–H and O–H groups in total. The highest BCUT2D eigenvalue weighted by Crippen LogP contribution is 2.28. The van der Waals surface area contributed by atoms with Crippen LogP contribution in [0.5, 0.6) is 0 Å². The van der Waals surface area contributed by atoms with Gasteiger partial charge in [0.05, 0.1) is 18.4 Å². The van der Waals surface area contributed by atoms with Crippen molar-refractivity contribution in [2.45, 2.75) is 32.1 Å². The largest absolute Gasteiger partial charge is 0.465 e. The molecule has 2 aliphatic heterocycles. The van der Waals surface area contributed by atoms with Crippen molar-refractivity contribution in [2.75, 3.05) is 13.7 Å². The zero-order valence-corrected chi connectivity index (χ0v) is 18.8. The molecular weight excluding hydrogens is 436 g/mol. The molecule has 10 heteroatoms. The van der Waals surface area contributed by atoms with E-state index in [1.54, 1.807) is 17.0 Å². The Kier molecular flexibility index (Phi) is 5.48. The fourth-order valence-corrected chi connectivity index (χ4v) is 4.47. The van der Waals surface area contributed by atoms with Gasteiger partial charge in [-0.25, -0.2) is 19.6 Å². The maximum atomic E-state index is 12.9. The smallest absolute Gasteiger partial charge is 0.337 e. The number of nitrogens with zero attached hydrogens (tertiary/aromatic N) is 5. The molecule has 2 unspecified atom stereocenters. The SMILES string of the molecule is CCN1C(=O)NC(=O)C2C1N=C(Cc1cn3ccccc3n1)N2Cc1ccc(C(=O)OC)cc1. The molecule has 1 aromatic carbocycles. The van der Waals surface area contributed by atoms with Gasteiger partial charge in [-0.15, -0.1) is 0 Å². The van der Waals surface area contributed by atoms with Crippen LogP contribution in [0.1, 0.15) is 28.5 Å². The van der Waals surface area contributed by atoms with Crippen molar-refractivity contribution in [1.29, 1.82) is 0 Å². The molecule has 10 nitrogen and oxygen atoms in total. The number of carbonyl (C=O) groups excluding carboxylic acids is 3. The highest BCUT2D eigenvalue weighted by molar-refractivity contribution is 6.04. The summed E-state index contributed by atoms with van der Waals surface area (Å²) >= 11 is 0. The summed E-state index contributed by atoms with van der Waals surface area (Å²) in [5.74, 6) is -0.107. The van der Waals surface area contributed by atoms with E-state index in [0.717, 1.165) is 16.9 Å². The van der Waals surface area contributed by atoms with Gasteiger partial charge in [0.15, 0.2) is 12.2 Å². The van der Waals surface area contributed by atoms with Crippen molar-refractivity contribution >= 4 is 29.4 Å². The predicted molar refractivity (Wildman–Crippen MR) is 123 cm³/mol. The van der Waals surface area contributed by atoms with E-state index in [1.165, 1.54) is 7.11 Å². The lowest BCUT2D eigenvalue weighted by atomic mass is 10.1. The molecule has 0 saturated carbocycles. The number of aromatic nitrogens is 2. The number of aliphatic imine (C=N–C) groups is 1. The molecule has 2 atom stereocenters. The minimum absolute atomic E-state index is 0.375. The molecular formula is C24H24N6O4. The molecule has 3 aromatic rings. The topological polar surface area (TPSA) is 109 Å². The Morgan fingerprint density at radius 2 is 1.91 bits per heavy atom. The van der Waals surface area contributed by atoms with Crippen LogP contribution in [0, 0.1) is 0 Å². The number of benzene rings is 1. The summed E-state index contributed by atoms with van der Waals surface area (Å²) in [5.41, 5.74) is 2.97. The molecule has 0 spiro atoms. The van der Waals surface area contributed by atoms with Crippen LogP contribution in [-0.2, 0) is 22.5 Å². The summed E-state index contributed by atoms with van der Waals surface area (Å²) < 4.78 is 6.70. The number of hydrogen-bond donors (Lipinski definition) is 1. The van der Waals surface area contributed by atoms with Crippen molar-refractivity contribution < 1.29 is 19.1 Å². The lowest BCUT2D eigenvalue weighted by molar-refractivity contribution is -0.127. The van der Waals surface area contributed by atoms with Gasteiger partial charge in [0.1, 0.15) is 11.5 Å². The third-order valence-corrected chi connectivity index (χ3v) is 6.13. The normalized spacial score (nSPS) is 19.8. The molecule has 1 saturated heterocycles. The molecule has 0 radical (unpaired) electrons. The van der Waals surface area contributed by atoms with Gasteiger partial charge < -0.3 is 14.0 Å². The Balaban J connectivity index is 1.48. The van der Waals surface area contributed by atoms with E-state index in [2.05, 4.69) is 10.3 Å². The number of rotatable bonds is 6. The molecule has 5 rings (SSSR count). The highest BCUT2D eigenvalue weighted by atomic mass is 16.5. The van der Waals surface area contributed by atoms with Crippen LogP contribution < -0.4 is 5.32 Å². The molecule has 174 valence electrons. The number of fused-ring (bicyclic) bond motifs is 2. The molecule has 2 aliphatic rings. The molecule has 0 aliphatic carbocycles. The zero-order chi connectivity index (χ0) is 23.8. The number of amides is 3. The van der Waals surface area contributed by atoms with E-state index >= 15 is 0 Å². The number of pyridine rings is 1. The third-order valence-electron chi connectivity index (χ3n) is 6.13. The Morgan fingerprint density at radius 1 is 1.12 bits per heavy atom. The summed E-state index contributed by atoms with van der Waals surface area (Å²) in [6.45, 7) is 2.67. The number of carbonyl (C=O) groups is 3. The van der Waals surface area contributed by atoms with Crippen LogP contribution in [0.3, 0.4) is 0 Å². The first-order valence-electron chi connectivity index (χ1n) is 11.0. The maximum Gasteiger partial charge on any atom is 0.337 e. The number of methoxy groups -OCH3 is 1. The fraction of sp³-hybridized carbons (Fsp3) is 0.292. The average molecular weight is 460 g/mol. The number of nitrogens with one attached hydrogen (secondary N) is 1. The summed E-state index contributed by atoms with van der Waals surface area (Å²) in [4.78, 5) is 50.1. The number of esters is 1. The minimum Gasteiger partial charge on any atom is -0.465 e. The summed E-state index contributed by atoms with van der Waals surface area (Å²) in [6, 6.07) is 11.7. The van der Waals surface area contributed by atoms with E-state index in [-0.39, 0.29) is 5.91 Å². The second-order valence-electron chi connectivity index (χ2n) is 8.18. The number of likely N-dealkylation sites (N-methyl/N-ethyl adjacent to an activating group) is 1. The fourth-order valence-electron chi connectivity index (χ4n) is 4.47. The first kappa shape index (κ1) is 21.6. The van der Waals surface area contributed by atoms with Gasteiger partial charge in [-0.1, -0.05) is 18.2 Å². The number of imide groups is 1. The minimum atomic E-state index is -0.648. The van der Waals surface area contributed by atoms with Gasteiger partial charge in [0, 0.05) is 31.9 Å². The molecule has 2 aromatic heterocycles. The number of imidazole rings is 1. The lowest BCUT2D eigenvalue weighted by Crippen LogP contribution is -2.64. The average Bonchev–Trinajstić information content (AvgIpc) is 3.40. The van der Waals surface area contributed by atoms with Gasteiger partial charge in [-0.3, -0.25) is 15.0 Å². The molecule has 1 fully saturated rings. The molecule has 34 heavy (non-hydrogen) atoms. The number of urea groups is 1. The van der Waals surface area contributed by atoms with Gasteiger partial charge in [0.2, 0.25) is 0 Å². The maximum absolute atomic E-state index is 12.9. The van der Waals surface area contributed by atoms with Crippen LogP contribution in [0.2, 0.25) is 0 Å². The molecule has 4 heterocycles. The summed E-state index contributed by atoms with van der Waals surface area (Å²) in [5, 5.41) is 2.46. The highest BCUT2D eigenvalue weighted by Gasteiger charge is 2.49. The third kappa shape index (κ3) is 3.76. The number of amidine groups is 1.